The third kappa shape index (κ3) is 3.58. The monoisotopic (exact) mass is 319 g/mol. The fraction of sp³-hybridized carbons (Fsp3) is 0.250. The van der Waals surface area contributed by atoms with E-state index >= 15 is 0 Å². The van der Waals surface area contributed by atoms with Crippen LogP contribution < -0.4 is 5.32 Å². The lowest BCUT2D eigenvalue weighted by atomic mass is 10.0. The highest BCUT2D eigenvalue weighted by atomic mass is 79.9. The van der Waals surface area contributed by atoms with Gasteiger partial charge in [-0.05, 0) is 47.5 Å². The minimum Gasteiger partial charge on any atom is -0.394 e. The Hall–Kier alpha value is -1.32. The molecule has 2 N–H and O–H groups in total. The average molecular weight is 320 g/mol. The van der Waals surface area contributed by atoms with E-state index in [4.69, 9.17) is 0 Å². The fourth-order valence-corrected chi connectivity index (χ4v) is 2.61. The number of aliphatic hydroxyl groups excluding tert-OH is 1. The van der Waals surface area contributed by atoms with Gasteiger partial charge in [-0.15, -0.1) is 0 Å². The maximum atomic E-state index is 9.64. The van der Waals surface area contributed by atoms with Gasteiger partial charge in [-0.1, -0.05) is 41.5 Å². The molecule has 0 aliphatic carbocycles. The molecular formula is C16H18BrNO. The highest BCUT2D eigenvalue weighted by Gasteiger charge is 2.12. The largest absolute Gasteiger partial charge is 0.394 e. The number of aryl methyl sites for hydroxylation is 2. The predicted molar refractivity (Wildman–Crippen MR) is 83.5 cm³/mol. The summed E-state index contributed by atoms with van der Waals surface area (Å²) in [7, 11) is 0. The van der Waals surface area contributed by atoms with E-state index in [1.165, 1.54) is 11.1 Å². The Morgan fingerprint density at radius 2 is 1.74 bits per heavy atom. The number of rotatable bonds is 4. The molecule has 0 spiro atoms. The van der Waals surface area contributed by atoms with Gasteiger partial charge in [-0.25, -0.2) is 0 Å². The number of para-hydroxylation sites is 1. The molecule has 0 saturated carbocycles. The van der Waals surface area contributed by atoms with Gasteiger partial charge < -0.3 is 10.4 Å². The van der Waals surface area contributed by atoms with Crippen molar-refractivity contribution in [1.29, 1.82) is 0 Å². The molecule has 2 rings (SSSR count). The number of nitrogens with one attached hydrogen (secondary N) is 1. The molecule has 0 aliphatic heterocycles. The predicted octanol–water partition coefficient (Wildman–Crippen LogP) is 4.21. The molecule has 2 aromatic carbocycles. The molecule has 19 heavy (non-hydrogen) atoms. The third-order valence-corrected chi connectivity index (χ3v) is 3.72. The summed E-state index contributed by atoms with van der Waals surface area (Å²) < 4.78 is 0.998. The summed E-state index contributed by atoms with van der Waals surface area (Å²) in [5.41, 5.74) is 4.52. The molecule has 0 fully saturated rings. The zero-order valence-corrected chi connectivity index (χ0v) is 12.7. The highest BCUT2D eigenvalue weighted by molar-refractivity contribution is 9.10. The second-order valence-corrected chi connectivity index (χ2v) is 5.63. The van der Waals surface area contributed by atoms with Crippen molar-refractivity contribution < 1.29 is 5.11 Å². The van der Waals surface area contributed by atoms with Crippen LogP contribution in [-0.2, 0) is 0 Å². The molecule has 0 aliphatic rings. The Balaban J connectivity index is 2.28. The Morgan fingerprint density at radius 3 is 2.32 bits per heavy atom. The number of hydrogen-bond acceptors (Lipinski definition) is 2. The zero-order chi connectivity index (χ0) is 13.8. The summed E-state index contributed by atoms with van der Waals surface area (Å²) in [6.45, 7) is 4.21. The van der Waals surface area contributed by atoms with Crippen LogP contribution in [0.3, 0.4) is 0 Å². The first-order valence-electron chi connectivity index (χ1n) is 6.30. The van der Waals surface area contributed by atoms with Gasteiger partial charge in [0.1, 0.15) is 0 Å². The van der Waals surface area contributed by atoms with Gasteiger partial charge >= 0.3 is 0 Å². The summed E-state index contributed by atoms with van der Waals surface area (Å²) in [6, 6.07) is 14.2. The van der Waals surface area contributed by atoms with E-state index in [0.717, 1.165) is 15.7 Å². The van der Waals surface area contributed by atoms with E-state index in [9.17, 15) is 5.11 Å². The van der Waals surface area contributed by atoms with Crippen LogP contribution in [0, 0.1) is 13.8 Å². The minimum absolute atomic E-state index is 0.0597. The van der Waals surface area contributed by atoms with Crippen LogP contribution in [0.2, 0.25) is 0 Å². The van der Waals surface area contributed by atoms with Gasteiger partial charge in [-0.3, -0.25) is 0 Å². The van der Waals surface area contributed by atoms with Gasteiger partial charge in [0.25, 0.3) is 0 Å². The first-order chi connectivity index (χ1) is 9.10. The molecule has 0 saturated heterocycles. The summed E-state index contributed by atoms with van der Waals surface area (Å²) in [5, 5.41) is 13.0. The van der Waals surface area contributed by atoms with Crippen molar-refractivity contribution >= 4 is 21.6 Å². The summed E-state index contributed by atoms with van der Waals surface area (Å²) in [4.78, 5) is 0. The Labute approximate surface area is 122 Å². The molecular weight excluding hydrogens is 302 g/mol. The van der Waals surface area contributed by atoms with E-state index in [-0.39, 0.29) is 12.6 Å². The first kappa shape index (κ1) is 14.1. The van der Waals surface area contributed by atoms with Crippen molar-refractivity contribution in [2.75, 3.05) is 11.9 Å². The molecule has 3 heteroatoms. The second kappa shape index (κ2) is 6.22. The smallest absolute Gasteiger partial charge is 0.0745 e. The molecule has 1 atom stereocenters. The number of aliphatic hydroxyl groups is 1. The molecule has 100 valence electrons. The van der Waals surface area contributed by atoms with Gasteiger partial charge in [-0.2, -0.15) is 0 Å². The fourth-order valence-electron chi connectivity index (χ4n) is 2.21. The van der Waals surface area contributed by atoms with Crippen LogP contribution in [0.15, 0.2) is 46.9 Å². The van der Waals surface area contributed by atoms with Crippen molar-refractivity contribution in [3.8, 4) is 0 Å². The van der Waals surface area contributed by atoms with Crippen LogP contribution in [0.5, 0.6) is 0 Å². The van der Waals surface area contributed by atoms with Crippen LogP contribution in [0.25, 0.3) is 0 Å². The van der Waals surface area contributed by atoms with E-state index in [1.54, 1.807) is 0 Å². The molecule has 0 heterocycles. The van der Waals surface area contributed by atoms with Gasteiger partial charge in [0, 0.05) is 10.2 Å². The third-order valence-electron chi connectivity index (χ3n) is 3.03. The number of halogens is 1. The minimum atomic E-state index is -0.0997. The Morgan fingerprint density at radius 1 is 1.11 bits per heavy atom. The van der Waals surface area contributed by atoms with Gasteiger partial charge in [0.05, 0.1) is 12.6 Å². The maximum absolute atomic E-state index is 9.64. The molecule has 2 aromatic rings. The van der Waals surface area contributed by atoms with E-state index in [0.29, 0.717) is 0 Å². The number of anilines is 1. The summed E-state index contributed by atoms with van der Waals surface area (Å²) in [6.07, 6.45) is 0. The van der Waals surface area contributed by atoms with E-state index in [2.05, 4.69) is 53.3 Å². The number of hydrogen-bond donors (Lipinski definition) is 2. The summed E-state index contributed by atoms with van der Waals surface area (Å²) >= 11 is 3.51. The lowest BCUT2D eigenvalue weighted by molar-refractivity contribution is 0.276. The van der Waals surface area contributed by atoms with Crippen molar-refractivity contribution in [3.63, 3.8) is 0 Å². The second-order valence-electron chi connectivity index (χ2n) is 4.78. The topological polar surface area (TPSA) is 32.3 Å². The molecule has 2 nitrogen and oxygen atoms in total. The van der Waals surface area contributed by atoms with Crippen LogP contribution in [-0.4, -0.2) is 11.7 Å². The van der Waals surface area contributed by atoms with Gasteiger partial charge in [0.15, 0.2) is 0 Å². The highest BCUT2D eigenvalue weighted by Crippen LogP contribution is 2.27. The van der Waals surface area contributed by atoms with Crippen molar-refractivity contribution in [2.24, 2.45) is 0 Å². The zero-order valence-electron chi connectivity index (χ0n) is 11.2. The van der Waals surface area contributed by atoms with Crippen LogP contribution in [0.4, 0.5) is 5.69 Å². The Bertz CT molecular complexity index is 548. The summed E-state index contributed by atoms with van der Waals surface area (Å²) in [5.74, 6) is 0. The van der Waals surface area contributed by atoms with E-state index in [1.807, 2.05) is 24.3 Å². The molecule has 0 radical (unpaired) electrons. The molecule has 0 amide bonds. The van der Waals surface area contributed by atoms with Crippen molar-refractivity contribution in [3.05, 3.63) is 63.6 Å². The van der Waals surface area contributed by atoms with Gasteiger partial charge in [0.2, 0.25) is 0 Å². The van der Waals surface area contributed by atoms with Crippen LogP contribution in [0.1, 0.15) is 22.7 Å². The normalized spacial score (nSPS) is 12.2. The first-order valence-corrected chi connectivity index (χ1v) is 7.09. The van der Waals surface area contributed by atoms with Crippen molar-refractivity contribution in [2.45, 2.75) is 19.9 Å². The SMILES string of the molecule is Cc1cc(C)cc(C(CO)Nc2ccccc2Br)c1. The number of benzene rings is 2. The lowest BCUT2D eigenvalue weighted by Crippen LogP contribution is -2.15. The average Bonchev–Trinajstić information content (AvgIpc) is 2.36. The molecule has 0 aromatic heterocycles. The molecule has 1 unspecified atom stereocenters. The van der Waals surface area contributed by atoms with Crippen LogP contribution >= 0.6 is 15.9 Å². The maximum Gasteiger partial charge on any atom is 0.0745 e. The lowest BCUT2D eigenvalue weighted by Gasteiger charge is -2.20. The van der Waals surface area contributed by atoms with E-state index < -0.39 is 0 Å². The quantitative estimate of drug-likeness (QED) is 0.884. The standard InChI is InChI=1S/C16H18BrNO/c1-11-7-12(2)9-13(8-11)16(10-19)18-15-6-4-3-5-14(15)17/h3-9,16,18-19H,10H2,1-2H3. The van der Waals surface area contributed by atoms with Crippen molar-refractivity contribution in [1.82, 2.24) is 0 Å². The molecule has 0 bridgehead atoms. The Kier molecular flexibility index (Phi) is 4.61.